The Morgan fingerprint density at radius 3 is 2.42 bits per heavy atom. The first kappa shape index (κ1) is 35.2. The van der Waals surface area contributed by atoms with Crippen molar-refractivity contribution in [1.82, 2.24) is 29.9 Å². The normalized spacial score (nSPS) is 16.2. The zero-order valence-electron chi connectivity index (χ0n) is 29.5. The van der Waals surface area contributed by atoms with Gasteiger partial charge in [-0.05, 0) is 89.3 Å². The van der Waals surface area contributed by atoms with Gasteiger partial charge in [0.1, 0.15) is 5.60 Å². The van der Waals surface area contributed by atoms with E-state index in [0.29, 0.717) is 24.2 Å². The van der Waals surface area contributed by atoms with Gasteiger partial charge in [0, 0.05) is 86.6 Å². The van der Waals surface area contributed by atoms with E-state index in [1.165, 1.54) is 0 Å². The van der Waals surface area contributed by atoms with Gasteiger partial charge in [-0.1, -0.05) is 0 Å². The molecule has 4 heterocycles. The summed E-state index contributed by atoms with van der Waals surface area (Å²) < 4.78 is 13.0. The standard InChI is InChI=1S/C36H51N7O5/c1-24-18-25(2)39-34(45)31(24)22-37-33(44)30-19-27(28-21-38-43(23-28)13-12-41-14-16-47-17-15-41)20-32(26(30)3)40(7)29-8-10-42(11-9-29)35(46)48-36(4,5)6/h18-21,23,29H,8-17,22H2,1-7H3,(H,37,44)(H,39,45). The highest BCUT2D eigenvalue weighted by Gasteiger charge is 2.30. The quantitative estimate of drug-likeness (QED) is 0.349. The molecule has 12 heteroatoms. The van der Waals surface area contributed by atoms with Crippen molar-refractivity contribution >= 4 is 17.7 Å². The number of carbonyl (C=O) groups excluding carboxylic acids is 2. The first-order valence-electron chi connectivity index (χ1n) is 16.9. The van der Waals surface area contributed by atoms with Crippen molar-refractivity contribution in [3.8, 4) is 11.1 Å². The van der Waals surface area contributed by atoms with Crippen molar-refractivity contribution in [2.24, 2.45) is 0 Å². The summed E-state index contributed by atoms with van der Waals surface area (Å²) in [5.41, 5.74) is 5.58. The van der Waals surface area contributed by atoms with Crippen molar-refractivity contribution in [2.75, 3.05) is 57.9 Å². The maximum Gasteiger partial charge on any atom is 0.410 e. The first-order valence-corrected chi connectivity index (χ1v) is 16.9. The Bertz CT molecular complexity index is 1660. The number of benzene rings is 1. The summed E-state index contributed by atoms with van der Waals surface area (Å²) in [5, 5.41) is 7.66. The third kappa shape index (κ3) is 8.65. The molecule has 0 bridgehead atoms. The topological polar surface area (TPSA) is 125 Å². The number of aryl methyl sites for hydroxylation is 2. The lowest BCUT2D eigenvalue weighted by Gasteiger charge is -2.39. The van der Waals surface area contributed by atoms with E-state index in [0.717, 1.165) is 85.9 Å². The maximum atomic E-state index is 13.8. The summed E-state index contributed by atoms with van der Waals surface area (Å²) in [7, 11) is 2.06. The number of ether oxygens (including phenoxy) is 2. The van der Waals surface area contributed by atoms with E-state index in [9.17, 15) is 14.4 Å². The average molecular weight is 662 g/mol. The van der Waals surface area contributed by atoms with Gasteiger partial charge in [-0.15, -0.1) is 0 Å². The molecule has 1 aromatic carbocycles. The molecule has 2 aromatic heterocycles. The number of carbonyl (C=O) groups is 2. The molecular weight excluding hydrogens is 610 g/mol. The van der Waals surface area contributed by atoms with Crippen LogP contribution >= 0.6 is 0 Å². The third-order valence-corrected chi connectivity index (χ3v) is 9.30. The van der Waals surface area contributed by atoms with Gasteiger partial charge in [0.15, 0.2) is 0 Å². The summed E-state index contributed by atoms with van der Waals surface area (Å²) in [6.45, 7) is 17.6. The van der Waals surface area contributed by atoms with Gasteiger partial charge in [-0.2, -0.15) is 5.10 Å². The second-order valence-corrected chi connectivity index (χ2v) is 14.0. The van der Waals surface area contributed by atoms with Gasteiger partial charge in [0.25, 0.3) is 11.5 Å². The number of nitrogens with one attached hydrogen (secondary N) is 2. The molecule has 260 valence electrons. The highest BCUT2D eigenvalue weighted by Crippen LogP contribution is 2.33. The number of hydrogen-bond donors (Lipinski definition) is 2. The fraction of sp³-hybridized carbons (Fsp3) is 0.556. The van der Waals surface area contributed by atoms with E-state index in [1.54, 1.807) is 4.90 Å². The number of nitrogens with zero attached hydrogens (tertiary/aromatic N) is 5. The van der Waals surface area contributed by atoms with Crippen LogP contribution < -0.4 is 15.8 Å². The number of H-pyrrole nitrogens is 1. The summed E-state index contributed by atoms with van der Waals surface area (Å²) in [6, 6.07) is 6.12. The zero-order chi connectivity index (χ0) is 34.6. The number of aromatic nitrogens is 3. The molecule has 2 N–H and O–H groups in total. The van der Waals surface area contributed by atoms with E-state index in [4.69, 9.17) is 9.47 Å². The second kappa shape index (κ2) is 14.9. The van der Waals surface area contributed by atoms with E-state index in [-0.39, 0.29) is 30.1 Å². The average Bonchev–Trinajstić information content (AvgIpc) is 3.52. The molecule has 0 radical (unpaired) electrons. The molecule has 2 amide bonds. The fourth-order valence-electron chi connectivity index (χ4n) is 6.50. The van der Waals surface area contributed by atoms with Crippen LogP contribution in [0.4, 0.5) is 10.5 Å². The maximum absolute atomic E-state index is 13.8. The summed E-state index contributed by atoms with van der Waals surface area (Å²) in [5.74, 6) is -0.247. The number of morpholine rings is 1. The highest BCUT2D eigenvalue weighted by molar-refractivity contribution is 5.98. The fourth-order valence-corrected chi connectivity index (χ4v) is 6.50. The van der Waals surface area contributed by atoms with Crippen LogP contribution in [0.3, 0.4) is 0 Å². The van der Waals surface area contributed by atoms with Crippen LogP contribution in [0.1, 0.15) is 66.4 Å². The van der Waals surface area contributed by atoms with E-state index < -0.39 is 5.60 Å². The Hall–Kier alpha value is -4.16. The second-order valence-electron chi connectivity index (χ2n) is 14.0. The predicted octanol–water partition coefficient (Wildman–Crippen LogP) is 4.26. The molecular formula is C36H51N7O5. The Morgan fingerprint density at radius 1 is 1.04 bits per heavy atom. The number of likely N-dealkylation sites (tertiary alicyclic amines) is 1. The molecule has 2 saturated heterocycles. The van der Waals surface area contributed by atoms with Crippen LogP contribution in [-0.4, -0.2) is 101 Å². The van der Waals surface area contributed by atoms with Crippen LogP contribution in [0.5, 0.6) is 0 Å². The van der Waals surface area contributed by atoms with Crippen LogP contribution in [0, 0.1) is 20.8 Å². The first-order chi connectivity index (χ1) is 22.8. The summed E-state index contributed by atoms with van der Waals surface area (Å²) in [6.07, 6.45) is 5.15. The van der Waals surface area contributed by atoms with E-state index in [1.807, 2.05) is 70.8 Å². The third-order valence-electron chi connectivity index (χ3n) is 9.30. The molecule has 0 aliphatic carbocycles. The predicted molar refractivity (Wildman–Crippen MR) is 187 cm³/mol. The minimum absolute atomic E-state index is 0.123. The van der Waals surface area contributed by atoms with Crippen LogP contribution in [-0.2, 0) is 22.6 Å². The van der Waals surface area contributed by atoms with Gasteiger partial charge in [0.05, 0.1) is 26.0 Å². The van der Waals surface area contributed by atoms with Crippen LogP contribution in [0.15, 0.2) is 35.4 Å². The number of amides is 2. The number of pyridine rings is 1. The molecule has 3 aromatic rings. The summed E-state index contributed by atoms with van der Waals surface area (Å²) in [4.78, 5) is 48.4. The Morgan fingerprint density at radius 2 is 1.75 bits per heavy atom. The van der Waals surface area contributed by atoms with Gasteiger partial charge in [0.2, 0.25) is 0 Å². The minimum Gasteiger partial charge on any atom is -0.444 e. The zero-order valence-corrected chi connectivity index (χ0v) is 29.5. The molecule has 12 nitrogen and oxygen atoms in total. The number of piperidine rings is 1. The number of rotatable bonds is 9. The van der Waals surface area contributed by atoms with Crippen LogP contribution in [0.2, 0.25) is 0 Å². The molecule has 0 unspecified atom stereocenters. The van der Waals surface area contributed by atoms with Gasteiger partial charge in [-0.25, -0.2) is 4.79 Å². The molecule has 2 aliphatic heterocycles. The summed E-state index contributed by atoms with van der Waals surface area (Å²) >= 11 is 0. The van der Waals surface area contributed by atoms with Gasteiger partial charge < -0.3 is 29.6 Å². The van der Waals surface area contributed by atoms with Crippen molar-refractivity contribution in [2.45, 2.75) is 79.1 Å². The number of anilines is 1. The lowest BCUT2D eigenvalue weighted by molar-refractivity contribution is 0.0205. The molecule has 5 rings (SSSR count). The molecule has 2 fully saturated rings. The van der Waals surface area contributed by atoms with Gasteiger partial charge >= 0.3 is 6.09 Å². The van der Waals surface area contributed by atoms with Crippen molar-refractivity contribution in [1.29, 1.82) is 0 Å². The lowest BCUT2D eigenvalue weighted by Crippen LogP contribution is -2.47. The monoisotopic (exact) mass is 661 g/mol. The van der Waals surface area contributed by atoms with Crippen molar-refractivity contribution in [3.05, 3.63) is 68.9 Å². The minimum atomic E-state index is -0.540. The molecule has 0 saturated carbocycles. The Kier molecular flexibility index (Phi) is 10.9. The largest absolute Gasteiger partial charge is 0.444 e. The number of hydrogen-bond acceptors (Lipinski definition) is 8. The molecule has 0 spiro atoms. The highest BCUT2D eigenvalue weighted by atomic mass is 16.6. The van der Waals surface area contributed by atoms with Crippen molar-refractivity contribution in [3.63, 3.8) is 0 Å². The van der Waals surface area contributed by atoms with E-state index in [2.05, 4.69) is 38.3 Å². The lowest BCUT2D eigenvalue weighted by atomic mass is 9.96. The Labute approximate surface area is 283 Å². The Balaban J connectivity index is 1.39. The van der Waals surface area contributed by atoms with E-state index >= 15 is 0 Å². The SMILES string of the molecule is Cc1cc(C)c(CNC(=O)c2cc(-c3cnn(CCN4CCOCC4)c3)cc(N(C)C3CCN(C(=O)OC(C)(C)C)CC3)c2C)c(=O)[nH]1. The van der Waals surface area contributed by atoms with Crippen LogP contribution in [0.25, 0.3) is 11.1 Å². The molecule has 0 atom stereocenters. The molecule has 2 aliphatic rings. The van der Waals surface area contributed by atoms with Crippen molar-refractivity contribution < 1.29 is 19.1 Å². The van der Waals surface area contributed by atoms with Gasteiger partial charge in [-0.3, -0.25) is 19.2 Å². The molecule has 48 heavy (non-hydrogen) atoms. The smallest absolute Gasteiger partial charge is 0.410 e. The number of aromatic amines is 1.